The average molecular weight is 469 g/mol. The number of nitriles is 1. The van der Waals surface area contributed by atoms with Gasteiger partial charge in [-0.05, 0) is 35.4 Å². The molecule has 2 atom stereocenters. The molecule has 0 spiro atoms. The molecule has 2 bridgehead atoms. The Bertz CT molecular complexity index is 964. The molecule has 0 aromatic heterocycles. The normalized spacial score (nSPS) is 20.8. The van der Waals surface area contributed by atoms with Gasteiger partial charge in [0.1, 0.15) is 0 Å². The molecule has 0 aliphatic carbocycles. The van der Waals surface area contributed by atoms with E-state index < -0.39 is 0 Å². The van der Waals surface area contributed by atoms with Crippen LogP contribution < -0.4 is 5.32 Å². The number of hydrogen-bond acceptors (Lipinski definition) is 6. The third kappa shape index (κ3) is 7.26. The molecule has 8 heteroatoms. The van der Waals surface area contributed by atoms with Crippen LogP contribution in [0.1, 0.15) is 16.7 Å². The number of ether oxygens (including phenoxy) is 2. The Morgan fingerprint density at radius 2 is 1.82 bits per heavy atom. The summed E-state index contributed by atoms with van der Waals surface area (Å²) in [5.41, 5.74) is 2.68. The first-order valence-corrected chi connectivity index (χ1v) is 11.6. The zero-order valence-corrected chi connectivity index (χ0v) is 19.3. The SMILES string of the molecule is N#Cc1ccc(CNC(=O)CN2CC3CN(CCOCc4cccc(Cl)c4)CC(C2)O3)cc1. The lowest BCUT2D eigenvalue weighted by Gasteiger charge is -2.45. The number of nitrogens with zero attached hydrogens (tertiary/aromatic N) is 3. The highest BCUT2D eigenvalue weighted by molar-refractivity contribution is 6.30. The fraction of sp³-hybridized carbons (Fsp3) is 0.440. The van der Waals surface area contributed by atoms with Gasteiger partial charge in [0.25, 0.3) is 0 Å². The first-order valence-electron chi connectivity index (χ1n) is 11.3. The van der Waals surface area contributed by atoms with E-state index in [1.807, 2.05) is 36.4 Å². The van der Waals surface area contributed by atoms with Crippen molar-refractivity contribution in [2.75, 3.05) is 45.9 Å². The average Bonchev–Trinajstić information content (AvgIpc) is 2.80. The van der Waals surface area contributed by atoms with Crippen molar-refractivity contribution in [2.24, 2.45) is 0 Å². The Balaban J connectivity index is 1.14. The van der Waals surface area contributed by atoms with Gasteiger partial charge in [-0.15, -0.1) is 0 Å². The Hall–Kier alpha value is -2.47. The standard InChI is InChI=1S/C25H29ClN4O3/c26-22-3-1-2-21(10-22)18-32-9-8-29-13-23-15-30(16-24(14-29)33-23)17-25(31)28-12-20-6-4-19(11-27)5-7-20/h1-7,10,23-24H,8-9,12-18H2,(H,28,31). The van der Waals surface area contributed by atoms with Crippen LogP contribution in [0.4, 0.5) is 0 Å². The molecule has 0 radical (unpaired) electrons. The summed E-state index contributed by atoms with van der Waals surface area (Å²) in [6.07, 6.45) is 0.216. The van der Waals surface area contributed by atoms with Gasteiger partial charge in [-0.3, -0.25) is 14.6 Å². The Morgan fingerprint density at radius 3 is 2.52 bits per heavy atom. The maximum absolute atomic E-state index is 12.4. The van der Waals surface area contributed by atoms with Crippen molar-refractivity contribution in [3.63, 3.8) is 0 Å². The summed E-state index contributed by atoms with van der Waals surface area (Å²) in [7, 11) is 0. The monoisotopic (exact) mass is 468 g/mol. The van der Waals surface area contributed by atoms with E-state index in [1.165, 1.54) is 0 Å². The molecular weight excluding hydrogens is 440 g/mol. The second kappa shape index (κ2) is 11.6. The van der Waals surface area contributed by atoms with Crippen LogP contribution in [0.3, 0.4) is 0 Å². The fourth-order valence-electron chi connectivity index (χ4n) is 4.34. The number of carbonyl (C=O) groups is 1. The molecule has 33 heavy (non-hydrogen) atoms. The van der Waals surface area contributed by atoms with Crippen LogP contribution in [0, 0.1) is 11.3 Å². The predicted octanol–water partition coefficient (Wildman–Crippen LogP) is 2.43. The summed E-state index contributed by atoms with van der Waals surface area (Å²) in [6.45, 7) is 6.11. The van der Waals surface area contributed by atoms with Gasteiger partial charge >= 0.3 is 0 Å². The number of fused-ring (bicyclic) bond motifs is 2. The van der Waals surface area contributed by atoms with Gasteiger partial charge in [0, 0.05) is 44.3 Å². The van der Waals surface area contributed by atoms with Gasteiger partial charge in [-0.1, -0.05) is 35.9 Å². The van der Waals surface area contributed by atoms with Crippen LogP contribution in [0.2, 0.25) is 5.02 Å². The van der Waals surface area contributed by atoms with Crippen LogP contribution >= 0.6 is 11.6 Å². The zero-order chi connectivity index (χ0) is 23.0. The van der Waals surface area contributed by atoms with Gasteiger partial charge in [0.2, 0.25) is 5.91 Å². The molecule has 2 fully saturated rings. The maximum atomic E-state index is 12.4. The maximum Gasteiger partial charge on any atom is 0.234 e. The van der Waals surface area contributed by atoms with Crippen molar-refractivity contribution in [3.05, 3.63) is 70.2 Å². The Labute approximate surface area is 199 Å². The number of rotatable bonds is 9. The molecule has 2 saturated heterocycles. The smallest absolute Gasteiger partial charge is 0.234 e. The van der Waals surface area contributed by atoms with E-state index in [1.54, 1.807) is 12.1 Å². The molecular formula is C25H29ClN4O3. The van der Waals surface area contributed by atoms with E-state index in [2.05, 4.69) is 21.2 Å². The third-order valence-electron chi connectivity index (χ3n) is 5.88. The van der Waals surface area contributed by atoms with E-state index in [9.17, 15) is 4.79 Å². The second-order valence-electron chi connectivity index (χ2n) is 8.60. The summed E-state index contributed by atoms with van der Waals surface area (Å²) in [5.74, 6) is 0.00519. The van der Waals surface area contributed by atoms with E-state index in [0.717, 1.165) is 48.9 Å². The van der Waals surface area contributed by atoms with Crippen molar-refractivity contribution in [1.82, 2.24) is 15.1 Å². The Morgan fingerprint density at radius 1 is 1.09 bits per heavy atom. The van der Waals surface area contributed by atoms with E-state index in [-0.39, 0.29) is 18.1 Å². The van der Waals surface area contributed by atoms with Crippen LogP contribution in [-0.4, -0.2) is 73.8 Å². The molecule has 4 rings (SSSR count). The predicted molar refractivity (Wildman–Crippen MR) is 126 cm³/mol. The highest BCUT2D eigenvalue weighted by atomic mass is 35.5. The largest absolute Gasteiger partial charge is 0.375 e. The van der Waals surface area contributed by atoms with Crippen molar-refractivity contribution >= 4 is 17.5 Å². The van der Waals surface area contributed by atoms with Gasteiger partial charge in [-0.2, -0.15) is 5.26 Å². The second-order valence-corrected chi connectivity index (χ2v) is 9.04. The minimum Gasteiger partial charge on any atom is -0.375 e. The summed E-state index contributed by atoms with van der Waals surface area (Å²) in [6, 6.07) is 17.1. The van der Waals surface area contributed by atoms with Gasteiger partial charge in [0.05, 0.1) is 43.6 Å². The molecule has 174 valence electrons. The molecule has 2 aromatic rings. The third-order valence-corrected chi connectivity index (χ3v) is 6.12. The molecule has 2 aliphatic heterocycles. The first-order chi connectivity index (χ1) is 16.1. The van der Waals surface area contributed by atoms with Gasteiger partial charge < -0.3 is 14.8 Å². The number of morpholine rings is 2. The summed E-state index contributed by atoms with van der Waals surface area (Å²) < 4.78 is 11.9. The lowest BCUT2D eigenvalue weighted by atomic mass is 10.1. The van der Waals surface area contributed by atoms with Crippen LogP contribution in [0.5, 0.6) is 0 Å². The van der Waals surface area contributed by atoms with Crippen molar-refractivity contribution in [2.45, 2.75) is 25.4 Å². The fourth-order valence-corrected chi connectivity index (χ4v) is 4.55. The molecule has 2 aliphatic rings. The topological polar surface area (TPSA) is 77.8 Å². The molecule has 1 amide bonds. The minimum atomic E-state index is 0.00519. The van der Waals surface area contributed by atoms with E-state index in [4.69, 9.17) is 26.3 Å². The molecule has 7 nitrogen and oxygen atoms in total. The molecule has 2 heterocycles. The number of carbonyl (C=O) groups excluding carboxylic acids is 1. The number of benzene rings is 2. The zero-order valence-electron chi connectivity index (χ0n) is 18.6. The lowest BCUT2D eigenvalue weighted by molar-refractivity contribution is -0.146. The lowest BCUT2D eigenvalue weighted by Crippen LogP contribution is -2.60. The summed E-state index contributed by atoms with van der Waals surface area (Å²) in [4.78, 5) is 17.0. The van der Waals surface area contributed by atoms with E-state index in [0.29, 0.717) is 31.9 Å². The van der Waals surface area contributed by atoms with Crippen LogP contribution in [-0.2, 0) is 27.4 Å². The van der Waals surface area contributed by atoms with Crippen LogP contribution in [0.25, 0.3) is 0 Å². The van der Waals surface area contributed by atoms with Gasteiger partial charge in [0.15, 0.2) is 0 Å². The summed E-state index contributed by atoms with van der Waals surface area (Å²) in [5, 5.41) is 12.6. The Kier molecular flexibility index (Phi) is 8.32. The van der Waals surface area contributed by atoms with Crippen LogP contribution in [0.15, 0.2) is 48.5 Å². The molecule has 2 aromatic carbocycles. The minimum absolute atomic E-state index is 0.00519. The van der Waals surface area contributed by atoms with Crippen molar-refractivity contribution in [3.8, 4) is 6.07 Å². The number of nitrogens with one attached hydrogen (secondary N) is 1. The highest BCUT2D eigenvalue weighted by Gasteiger charge is 2.35. The molecule has 0 saturated carbocycles. The quantitative estimate of drug-likeness (QED) is 0.569. The highest BCUT2D eigenvalue weighted by Crippen LogP contribution is 2.19. The number of halogens is 1. The molecule has 2 unspecified atom stereocenters. The van der Waals surface area contributed by atoms with E-state index >= 15 is 0 Å². The van der Waals surface area contributed by atoms with Crippen molar-refractivity contribution < 1.29 is 14.3 Å². The number of amides is 1. The first kappa shape index (κ1) is 23.7. The van der Waals surface area contributed by atoms with Gasteiger partial charge in [-0.25, -0.2) is 0 Å². The number of hydrogen-bond donors (Lipinski definition) is 1. The van der Waals surface area contributed by atoms with Crippen molar-refractivity contribution in [1.29, 1.82) is 5.26 Å². The summed E-state index contributed by atoms with van der Waals surface area (Å²) >= 11 is 6.02. The molecule has 1 N–H and O–H groups in total.